The number of carbonyl (C=O) groups is 2. The summed E-state index contributed by atoms with van der Waals surface area (Å²) in [7, 11) is 0. The van der Waals surface area contributed by atoms with E-state index in [2.05, 4.69) is 79.2 Å². The number of benzene rings is 2. The third-order valence-electron chi connectivity index (χ3n) is 9.73. The first-order chi connectivity index (χ1) is 25.7. The van der Waals surface area contributed by atoms with Crippen molar-refractivity contribution < 1.29 is 9.59 Å². The Balaban J connectivity index is 0.990. The number of rotatable bonds is 11. The van der Waals surface area contributed by atoms with Crippen molar-refractivity contribution in [3.05, 3.63) is 125 Å². The minimum atomic E-state index is -0.294. The molecular formula is C38H39N13O2. The van der Waals surface area contributed by atoms with Crippen LogP contribution in [0.3, 0.4) is 0 Å². The number of anilines is 1. The van der Waals surface area contributed by atoms with E-state index >= 15 is 0 Å². The van der Waals surface area contributed by atoms with Crippen LogP contribution in [0, 0.1) is 20.8 Å². The van der Waals surface area contributed by atoms with Gasteiger partial charge in [0.2, 0.25) is 0 Å². The SMILES string of the molecule is CCC(NC(=O)c1c(Cn2cc(-c3ccc(NC(=O)c4cnn5c(C)cc(C)nc45)cc3)nn2)nn2c1CCC2)C(c1ccc(C)cc1)n1cncn1. The van der Waals surface area contributed by atoms with E-state index in [9.17, 15) is 9.59 Å². The number of fused-ring (bicyclic) bond motifs is 2. The maximum Gasteiger partial charge on any atom is 0.261 e. The van der Waals surface area contributed by atoms with Crippen LogP contribution in [0.4, 0.5) is 5.69 Å². The largest absolute Gasteiger partial charge is 0.347 e. The van der Waals surface area contributed by atoms with Crippen LogP contribution in [0.5, 0.6) is 0 Å². The van der Waals surface area contributed by atoms with Crippen LogP contribution in [-0.2, 0) is 19.5 Å². The van der Waals surface area contributed by atoms with Crippen molar-refractivity contribution in [3.63, 3.8) is 0 Å². The molecule has 2 atom stereocenters. The number of hydrogen-bond acceptors (Lipinski definition) is 9. The molecule has 0 radical (unpaired) electrons. The van der Waals surface area contributed by atoms with Crippen LogP contribution < -0.4 is 10.6 Å². The fraction of sp³-hybridized carbons (Fsp3) is 0.289. The average molecular weight is 710 g/mol. The van der Waals surface area contributed by atoms with Crippen LogP contribution in [0.2, 0.25) is 0 Å². The summed E-state index contributed by atoms with van der Waals surface area (Å²) in [5, 5.41) is 28.7. The molecule has 5 aromatic heterocycles. The number of aryl methyl sites for hydroxylation is 4. The van der Waals surface area contributed by atoms with Gasteiger partial charge in [-0.05, 0) is 63.8 Å². The zero-order valence-corrected chi connectivity index (χ0v) is 29.9. The van der Waals surface area contributed by atoms with Crippen molar-refractivity contribution in [2.45, 2.75) is 72.1 Å². The molecule has 1 aliphatic rings. The summed E-state index contributed by atoms with van der Waals surface area (Å²) in [5.41, 5.74) is 9.08. The van der Waals surface area contributed by atoms with E-state index in [1.54, 1.807) is 20.2 Å². The Morgan fingerprint density at radius 3 is 2.55 bits per heavy atom. The van der Waals surface area contributed by atoms with Crippen LogP contribution in [0.25, 0.3) is 16.9 Å². The number of nitrogens with one attached hydrogen (secondary N) is 2. The summed E-state index contributed by atoms with van der Waals surface area (Å²) in [5.74, 6) is -0.465. The highest BCUT2D eigenvalue weighted by molar-refractivity contribution is 6.08. The fourth-order valence-corrected chi connectivity index (χ4v) is 7.11. The number of amides is 2. The highest BCUT2D eigenvalue weighted by atomic mass is 16.2. The van der Waals surface area contributed by atoms with Crippen LogP contribution in [0.1, 0.15) is 80.4 Å². The van der Waals surface area contributed by atoms with E-state index < -0.39 is 0 Å². The molecule has 0 fully saturated rings. The Morgan fingerprint density at radius 2 is 1.79 bits per heavy atom. The topological polar surface area (TPSA) is 168 Å². The minimum absolute atomic E-state index is 0.171. The monoisotopic (exact) mass is 709 g/mol. The van der Waals surface area contributed by atoms with Gasteiger partial charge >= 0.3 is 0 Å². The molecule has 6 heterocycles. The summed E-state index contributed by atoms with van der Waals surface area (Å²) in [6, 6.07) is 17.1. The van der Waals surface area contributed by atoms with E-state index in [0.717, 1.165) is 53.2 Å². The maximum absolute atomic E-state index is 14.2. The van der Waals surface area contributed by atoms with Gasteiger partial charge in [0.15, 0.2) is 5.65 Å². The Morgan fingerprint density at radius 1 is 0.981 bits per heavy atom. The molecule has 15 heteroatoms. The summed E-state index contributed by atoms with van der Waals surface area (Å²) in [4.78, 5) is 36.1. The van der Waals surface area contributed by atoms with E-state index in [1.807, 2.05) is 55.1 Å². The Labute approximate surface area is 305 Å². The van der Waals surface area contributed by atoms with Crippen molar-refractivity contribution in [2.24, 2.45) is 0 Å². The lowest BCUT2D eigenvalue weighted by Gasteiger charge is -2.28. The molecule has 7 aromatic rings. The van der Waals surface area contributed by atoms with Gasteiger partial charge in [-0.1, -0.05) is 54.1 Å². The number of aromatic nitrogens is 11. The molecule has 0 bridgehead atoms. The van der Waals surface area contributed by atoms with Gasteiger partial charge in [0.25, 0.3) is 11.8 Å². The first-order valence-corrected chi connectivity index (χ1v) is 17.7. The molecule has 15 nitrogen and oxygen atoms in total. The Kier molecular flexibility index (Phi) is 8.82. The lowest BCUT2D eigenvalue weighted by molar-refractivity contribution is 0.0922. The van der Waals surface area contributed by atoms with Crippen molar-refractivity contribution in [1.82, 2.24) is 59.5 Å². The van der Waals surface area contributed by atoms with Gasteiger partial charge in [-0.3, -0.25) is 14.3 Å². The van der Waals surface area contributed by atoms with Gasteiger partial charge in [0, 0.05) is 29.2 Å². The number of carbonyl (C=O) groups excluding carboxylic acids is 2. The molecule has 2 unspecified atom stereocenters. The molecule has 2 aromatic carbocycles. The van der Waals surface area contributed by atoms with Crippen molar-refractivity contribution in [1.29, 1.82) is 0 Å². The molecule has 0 saturated heterocycles. The molecule has 268 valence electrons. The Bertz CT molecular complexity index is 2420. The lowest BCUT2D eigenvalue weighted by atomic mass is 9.96. The van der Waals surface area contributed by atoms with E-state index in [1.165, 1.54) is 12.5 Å². The third kappa shape index (κ3) is 6.56. The summed E-state index contributed by atoms with van der Waals surface area (Å²) in [6.45, 7) is 8.96. The first kappa shape index (κ1) is 33.6. The number of nitrogens with zero attached hydrogens (tertiary/aromatic N) is 11. The molecule has 53 heavy (non-hydrogen) atoms. The highest BCUT2D eigenvalue weighted by Gasteiger charge is 2.31. The quantitative estimate of drug-likeness (QED) is 0.193. The lowest BCUT2D eigenvalue weighted by Crippen LogP contribution is -2.42. The second-order valence-corrected chi connectivity index (χ2v) is 13.5. The Hall–Kier alpha value is -6.51. The second-order valence-electron chi connectivity index (χ2n) is 13.5. The normalized spacial score (nSPS) is 13.6. The maximum atomic E-state index is 14.2. The van der Waals surface area contributed by atoms with Gasteiger partial charge in [0.1, 0.15) is 23.9 Å². The minimum Gasteiger partial charge on any atom is -0.347 e. The molecule has 0 aliphatic carbocycles. The fourth-order valence-electron chi connectivity index (χ4n) is 7.11. The van der Waals surface area contributed by atoms with Gasteiger partial charge in [-0.15, -0.1) is 5.10 Å². The molecular weight excluding hydrogens is 671 g/mol. The number of hydrogen-bond donors (Lipinski definition) is 2. The van der Waals surface area contributed by atoms with Gasteiger partial charge in [0.05, 0.1) is 48.0 Å². The van der Waals surface area contributed by atoms with E-state index in [-0.39, 0.29) is 30.4 Å². The summed E-state index contributed by atoms with van der Waals surface area (Å²) in [6.07, 6.45) is 8.96. The summed E-state index contributed by atoms with van der Waals surface area (Å²) >= 11 is 0. The first-order valence-electron chi connectivity index (χ1n) is 17.7. The molecule has 0 spiro atoms. The van der Waals surface area contributed by atoms with Crippen LogP contribution in [-0.4, -0.2) is 72.0 Å². The smallest absolute Gasteiger partial charge is 0.261 e. The zero-order chi connectivity index (χ0) is 36.6. The molecule has 2 N–H and O–H groups in total. The third-order valence-corrected chi connectivity index (χ3v) is 9.73. The standard InChI is InChI=1S/C38H39N13O2/c1-5-30(35(50-22-39-21-41-50)27-10-8-23(2)9-11-27)44-38(53)34-32(46-49-16-6-7-33(34)49)20-48-19-31(45-47-48)26-12-14-28(15-13-26)43-37(52)29-18-40-51-25(4)17-24(3)42-36(29)51/h8-15,17-19,21-22,30,35H,5-7,16,20H2,1-4H3,(H,43,52)(H,44,53). The predicted molar refractivity (Wildman–Crippen MR) is 196 cm³/mol. The average Bonchev–Trinajstić information content (AvgIpc) is 3.99. The van der Waals surface area contributed by atoms with Crippen molar-refractivity contribution >= 4 is 23.1 Å². The van der Waals surface area contributed by atoms with Gasteiger partial charge < -0.3 is 10.6 Å². The van der Waals surface area contributed by atoms with Crippen LogP contribution in [0.15, 0.2) is 79.6 Å². The predicted octanol–water partition coefficient (Wildman–Crippen LogP) is 4.75. The molecule has 8 rings (SSSR count). The van der Waals surface area contributed by atoms with E-state index in [0.29, 0.717) is 40.3 Å². The highest BCUT2D eigenvalue weighted by Crippen LogP contribution is 2.28. The molecule has 2 amide bonds. The van der Waals surface area contributed by atoms with Crippen LogP contribution >= 0.6 is 0 Å². The van der Waals surface area contributed by atoms with Crippen molar-refractivity contribution in [2.75, 3.05) is 5.32 Å². The van der Waals surface area contributed by atoms with Crippen molar-refractivity contribution in [3.8, 4) is 11.3 Å². The zero-order valence-electron chi connectivity index (χ0n) is 29.9. The molecule has 1 aliphatic heterocycles. The second kappa shape index (κ2) is 13.9. The van der Waals surface area contributed by atoms with Gasteiger partial charge in [-0.2, -0.15) is 15.3 Å². The van der Waals surface area contributed by atoms with Gasteiger partial charge in [-0.25, -0.2) is 23.8 Å². The summed E-state index contributed by atoms with van der Waals surface area (Å²) < 4.78 is 7.10. The van der Waals surface area contributed by atoms with E-state index in [4.69, 9.17) is 5.10 Å². The molecule has 0 saturated carbocycles.